The molecule has 2 aromatic rings. The average molecular weight is 366 g/mol. The van der Waals surface area contributed by atoms with E-state index in [1.54, 1.807) is 0 Å². The Morgan fingerprint density at radius 1 is 0.926 bits per heavy atom. The molecule has 1 fully saturated rings. The number of piperazine rings is 1. The Morgan fingerprint density at radius 2 is 1.59 bits per heavy atom. The number of amides is 2. The van der Waals surface area contributed by atoms with Gasteiger partial charge in [-0.3, -0.25) is 9.59 Å². The van der Waals surface area contributed by atoms with Crippen molar-refractivity contribution >= 4 is 11.8 Å². The minimum absolute atomic E-state index is 0.0286. The highest BCUT2D eigenvalue weighted by atomic mass is 16.5. The van der Waals surface area contributed by atoms with E-state index in [9.17, 15) is 9.59 Å². The predicted octanol–water partition coefficient (Wildman–Crippen LogP) is 3.06. The van der Waals surface area contributed by atoms with Crippen molar-refractivity contribution in [3.05, 3.63) is 65.2 Å². The summed E-state index contributed by atoms with van der Waals surface area (Å²) in [7, 11) is 0. The highest BCUT2D eigenvalue weighted by molar-refractivity contribution is 5.94. The fourth-order valence-corrected chi connectivity index (χ4v) is 3.29. The van der Waals surface area contributed by atoms with Crippen molar-refractivity contribution in [2.24, 2.45) is 0 Å². The number of carbonyl (C=O) groups excluding carboxylic acids is 2. The summed E-state index contributed by atoms with van der Waals surface area (Å²) in [5.41, 5.74) is 2.97. The largest absolute Gasteiger partial charge is 0.493 e. The lowest BCUT2D eigenvalue weighted by Gasteiger charge is -2.34. The zero-order valence-electron chi connectivity index (χ0n) is 16.0. The van der Waals surface area contributed by atoms with Gasteiger partial charge >= 0.3 is 0 Å². The van der Waals surface area contributed by atoms with Crippen molar-refractivity contribution in [3.63, 3.8) is 0 Å². The van der Waals surface area contributed by atoms with E-state index in [1.807, 2.05) is 66.1 Å². The van der Waals surface area contributed by atoms with Crippen LogP contribution in [0.3, 0.4) is 0 Å². The van der Waals surface area contributed by atoms with Gasteiger partial charge < -0.3 is 14.5 Å². The minimum atomic E-state index is 0.0286. The van der Waals surface area contributed by atoms with Crippen molar-refractivity contribution in [1.82, 2.24) is 9.80 Å². The number of hydrogen-bond donors (Lipinski definition) is 0. The van der Waals surface area contributed by atoms with Crippen LogP contribution in [-0.4, -0.2) is 54.4 Å². The van der Waals surface area contributed by atoms with E-state index in [4.69, 9.17) is 4.74 Å². The molecule has 3 rings (SSSR count). The summed E-state index contributed by atoms with van der Waals surface area (Å²) in [6, 6.07) is 15.3. The molecule has 5 nitrogen and oxygen atoms in total. The molecule has 0 radical (unpaired) electrons. The minimum Gasteiger partial charge on any atom is -0.493 e. The summed E-state index contributed by atoms with van der Waals surface area (Å²) < 4.78 is 5.76. The van der Waals surface area contributed by atoms with Crippen LogP contribution in [0.1, 0.15) is 27.9 Å². The average Bonchev–Trinajstić information content (AvgIpc) is 2.70. The third kappa shape index (κ3) is 4.88. The molecular weight excluding hydrogens is 340 g/mol. The number of carbonyl (C=O) groups is 2. The van der Waals surface area contributed by atoms with Crippen molar-refractivity contribution in [1.29, 1.82) is 0 Å². The molecule has 0 aromatic heterocycles. The number of ether oxygens (including phenoxy) is 1. The summed E-state index contributed by atoms with van der Waals surface area (Å²) in [6.45, 7) is 6.69. The summed E-state index contributed by atoms with van der Waals surface area (Å²) in [5, 5.41) is 0. The fourth-order valence-electron chi connectivity index (χ4n) is 3.29. The molecule has 0 aliphatic carbocycles. The Bertz CT molecular complexity index is 796. The van der Waals surface area contributed by atoms with Crippen LogP contribution in [0.5, 0.6) is 5.75 Å². The summed E-state index contributed by atoms with van der Waals surface area (Å²) in [6.07, 6.45) is 0.347. The molecule has 0 spiro atoms. The van der Waals surface area contributed by atoms with Gasteiger partial charge in [-0.1, -0.05) is 35.9 Å². The third-order valence-corrected chi connectivity index (χ3v) is 4.84. The second-order valence-corrected chi connectivity index (χ2v) is 6.91. The lowest BCUT2D eigenvalue weighted by atomic mass is 10.1. The number of nitrogens with zero attached hydrogens (tertiary/aromatic N) is 2. The SMILES string of the molecule is Cc1ccc(OCCC(=O)N2CCN(C(=O)c3ccccc3)CC2)c(C)c1. The molecule has 5 heteroatoms. The van der Waals surface area contributed by atoms with Crippen molar-refractivity contribution in [2.45, 2.75) is 20.3 Å². The van der Waals surface area contributed by atoms with Crippen LogP contribution < -0.4 is 4.74 Å². The Balaban J connectivity index is 1.44. The zero-order chi connectivity index (χ0) is 19.2. The second-order valence-electron chi connectivity index (χ2n) is 6.91. The van der Waals surface area contributed by atoms with Gasteiger partial charge in [0.2, 0.25) is 5.91 Å². The van der Waals surface area contributed by atoms with Gasteiger partial charge in [-0.2, -0.15) is 0 Å². The lowest BCUT2D eigenvalue weighted by molar-refractivity contribution is -0.133. The van der Waals surface area contributed by atoms with Crippen LogP contribution >= 0.6 is 0 Å². The summed E-state index contributed by atoms with van der Waals surface area (Å²) >= 11 is 0. The quantitative estimate of drug-likeness (QED) is 0.817. The van der Waals surface area contributed by atoms with Gasteiger partial charge in [-0.25, -0.2) is 0 Å². The first-order valence-electron chi connectivity index (χ1n) is 9.37. The van der Waals surface area contributed by atoms with E-state index < -0.39 is 0 Å². The van der Waals surface area contributed by atoms with Gasteiger partial charge in [-0.15, -0.1) is 0 Å². The van der Waals surface area contributed by atoms with Crippen LogP contribution in [0.2, 0.25) is 0 Å². The third-order valence-electron chi connectivity index (χ3n) is 4.84. The van der Waals surface area contributed by atoms with Gasteiger partial charge in [0.05, 0.1) is 13.0 Å². The molecule has 0 unspecified atom stereocenters. The molecule has 0 saturated carbocycles. The molecule has 1 aliphatic rings. The molecule has 2 amide bonds. The van der Waals surface area contributed by atoms with Crippen molar-refractivity contribution in [2.75, 3.05) is 32.8 Å². The van der Waals surface area contributed by atoms with E-state index in [0.29, 0.717) is 44.8 Å². The monoisotopic (exact) mass is 366 g/mol. The molecule has 0 atom stereocenters. The number of hydrogen-bond acceptors (Lipinski definition) is 3. The zero-order valence-corrected chi connectivity index (χ0v) is 16.0. The Hall–Kier alpha value is -2.82. The first-order chi connectivity index (χ1) is 13.0. The van der Waals surface area contributed by atoms with Gasteiger partial charge in [0, 0.05) is 31.7 Å². The fraction of sp³-hybridized carbons (Fsp3) is 0.364. The number of benzene rings is 2. The van der Waals surface area contributed by atoms with E-state index in [0.717, 1.165) is 11.3 Å². The lowest BCUT2D eigenvalue weighted by Crippen LogP contribution is -2.50. The van der Waals surface area contributed by atoms with Gasteiger partial charge in [0.15, 0.2) is 0 Å². The molecule has 1 saturated heterocycles. The van der Waals surface area contributed by atoms with E-state index in [2.05, 4.69) is 6.07 Å². The van der Waals surface area contributed by atoms with Crippen LogP contribution in [0.15, 0.2) is 48.5 Å². The molecule has 27 heavy (non-hydrogen) atoms. The van der Waals surface area contributed by atoms with Crippen LogP contribution in [0.25, 0.3) is 0 Å². The Kier molecular flexibility index (Phi) is 6.12. The molecule has 1 heterocycles. The predicted molar refractivity (Wildman–Crippen MR) is 105 cm³/mol. The molecule has 2 aromatic carbocycles. The van der Waals surface area contributed by atoms with Crippen LogP contribution in [0.4, 0.5) is 0 Å². The molecule has 1 aliphatic heterocycles. The maximum Gasteiger partial charge on any atom is 0.253 e. The van der Waals surface area contributed by atoms with Crippen molar-refractivity contribution < 1.29 is 14.3 Å². The molecule has 0 bridgehead atoms. The standard InChI is InChI=1S/C22H26N2O3/c1-17-8-9-20(18(2)16-17)27-15-10-21(25)23-11-13-24(14-12-23)22(26)19-6-4-3-5-7-19/h3-9,16H,10-15H2,1-2H3. The van der Waals surface area contributed by atoms with Crippen LogP contribution in [-0.2, 0) is 4.79 Å². The Labute approximate surface area is 160 Å². The summed E-state index contributed by atoms with van der Waals surface area (Å²) in [4.78, 5) is 28.5. The highest BCUT2D eigenvalue weighted by Crippen LogP contribution is 2.19. The molecular formula is C22H26N2O3. The highest BCUT2D eigenvalue weighted by Gasteiger charge is 2.24. The summed E-state index contributed by atoms with van der Waals surface area (Å²) in [5.74, 6) is 0.930. The number of aryl methyl sites for hydroxylation is 2. The molecule has 0 N–H and O–H groups in total. The van der Waals surface area contributed by atoms with Gasteiger partial charge in [0.25, 0.3) is 5.91 Å². The molecule has 142 valence electrons. The van der Waals surface area contributed by atoms with E-state index >= 15 is 0 Å². The first-order valence-corrected chi connectivity index (χ1v) is 9.37. The van der Waals surface area contributed by atoms with Crippen LogP contribution in [0, 0.1) is 13.8 Å². The normalized spacial score (nSPS) is 14.1. The number of rotatable bonds is 5. The van der Waals surface area contributed by atoms with E-state index in [1.165, 1.54) is 5.56 Å². The van der Waals surface area contributed by atoms with Gasteiger partial charge in [-0.05, 0) is 37.6 Å². The maximum atomic E-state index is 12.5. The topological polar surface area (TPSA) is 49.9 Å². The smallest absolute Gasteiger partial charge is 0.253 e. The van der Waals surface area contributed by atoms with Crippen molar-refractivity contribution in [3.8, 4) is 5.75 Å². The maximum absolute atomic E-state index is 12.5. The van der Waals surface area contributed by atoms with E-state index in [-0.39, 0.29) is 11.8 Å². The Morgan fingerprint density at radius 3 is 2.26 bits per heavy atom. The second kappa shape index (κ2) is 8.71. The first kappa shape index (κ1) is 19.0. The van der Waals surface area contributed by atoms with Gasteiger partial charge in [0.1, 0.15) is 5.75 Å².